The Labute approximate surface area is 144 Å². The number of hydrogen-bond donors (Lipinski definition) is 1. The molecule has 0 aliphatic carbocycles. The fraction of sp³-hybridized carbons (Fsp3) is 0.588. The van der Waals surface area contributed by atoms with Gasteiger partial charge in [-0.15, -0.1) is 0 Å². The largest absolute Gasteiger partial charge is 0.338 e. The number of hydrogen-bond acceptors (Lipinski definition) is 4. The molecule has 134 valence electrons. The predicted octanol–water partition coefficient (Wildman–Crippen LogP) is 1.53. The molecular weight excluding hydrogens is 326 g/mol. The first-order valence-electron chi connectivity index (χ1n) is 8.34. The third kappa shape index (κ3) is 3.96. The summed E-state index contributed by atoms with van der Waals surface area (Å²) in [5.41, 5.74) is 6.23. The summed E-state index contributed by atoms with van der Waals surface area (Å²) in [6.45, 7) is 5.62. The Kier molecular flexibility index (Phi) is 6.01. The van der Waals surface area contributed by atoms with Gasteiger partial charge in [-0.05, 0) is 63.4 Å². The third-order valence-electron chi connectivity index (χ3n) is 4.65. The van der Waals surface area contributed by atoms with E-state index in [-0.39, 0.29) is 16.8 Å². The lowest BCUT2D eigenvalue weighted by atomic mass is 9.97. The zero-order valence-corrected chi connectivity index (χ0v) is 15.4. The van der Waals surface area contributed by atoms with Gasteiger partial charge in [-0.3, -0.25) is 4.79 Å². The molecule has 1 aromatic carbocycles. The van der Waals surface area contributed by atoms with Crippen LogP contribution >= 0.6 is 0 Å². The molecule has 24 heavy (non-hydrogen) atoms. The van der Waals surface area contributed by atoms with Gasteiger partial charge in [0, 0.05) is 31.7 Å². The van der Waals surface area contributed by atoms with E-state index < -0.39 is 10.0 Å². The van der Waals surface area contributed by atoms with Crippen LogP contribution in [0, 0.1) is 5.92 Å². The average Bonchev–Trinajstić information content (AvgIpc) is 2.60. The Morgan fingerprint density at radius 1 is 1.33 bits per heavy atom. The molecule has 1 heterocycles. The van der Waals surface area contributed by atoms with E-state index in [1.165, 1.54) is 16.4 Å². The Morgan fingerprint density at radius 3 is 2.50 bits per heavy atom. The summed E-state index contributed by atoms with van der Waals surface area (Å²) in [6.07, 6.45) is 2.01. The first kappa shape index (κ1) is 18.9. The molecule has 0 bridgehead atoms. The lowest BCUT2D eigenvalue weighted by Crippen LogP contribution is -2.42. The molecule has 1 aromatic rings. The number of carbonyl (C=O) groups excluding carboxylic acids is 1. The molecule has 1 fully saturated rings. The Balaban J connectivity index is 2.16. The van der Waals surface area contributed by atoms with Crippen molar-refractivity contribution in [1.82, 2.24) is 9.21 Å². The van der Waals surface area contributed by atoms with Gasteiger partial charge in [0.15, 0.2) is 0 Å². The van der Waals surface area contributed by atoms with Crippen molar-refractivity contribution in [2.75, 3.05) is 26.7 Å². The molecule has 0 saturated carbocycles. The fourth-order valence-electron chi connectivity index (χ4n) is 2.84. The highest BCUT2D eigenvalue weighted by molar-refractivity contribution is 7.89. The normalized spacial score (nSPS) is 19.1. The zero-order valence-electron chi connectivity index (χ0n) is 14.6. The molecule has 0 aromatic heterocycles. The molecule has 6 nitrogen and oxygen atoms in total. The molecule has 0 radical (unpaired) electrons. The number of benzene rings is 1. The molecule has 1 aliphatic heterocycles. The van der Waals surface area contributed by atoms with Crippen molar-refractivity contribution in [1.29, 1.82) is 0 Å². The van der Waals surface area contributed by atoms with E-state index in [0.29, 0.717) is 24.6 Å². The van der Waals surface area contributed by atoms with E-state index in [1.54, 1.807) is 19.2 Å². The summed E-state index contributed by atoms with van der Waals surface area (Å²) < 4.78 is 26.2. The van der Waals surface area contributed by atoms with Gasteiger partial charge in [0.25, 0.3) is 5.91 Å². The smallest absolute Gasteiger partial charge is 0.253 e. The summed E-state index contributed by atoms with van der Waals surface area (Å²) in [6, 6.07) is 6.07. The van der Waals surface area contributed by atoms with Crippen LogP contribution in [-0.2, 0) is 10.0 Å². The summed E-state index contributed by atoms with van der Waals surface area (Å²) in [7, 11) is -1.97. The molecule has 1 atom stereocenters. The standard InChI is InChI=1S/C17H27N3O3S/c1-13(2)19(3)24(22,23)16-8-6-15(7-9-16)17(21)20-10-4-5-14(11-18)12-20/h6-9,13-14H,4-5,10-12,18H2,1-3H3. The number of likely N-dealkylation sites (tertiary alicyclic amines) is 1. The van der Waals surface area contributed by atoms with Crippen LogP contribution in [0.4, 0.5) is 0 Å². The maximum absolute atomic E-state index is 12.6. The van der Waals surface area contributed by atoms with Crippen LogP contribution in [0.1, 0.15) is 37.0 Å². The van der Waals surface area contributed by atoms with Gasteiger partial charge in [-0.25, -0.2) is 8.42 Å². The average molecular weight is 353 g/mol. The summed E-state index contributed by atoms with van der Waals surface area (Å²) >= 11 is 0. The number of sulfonamides is 1. The van der Waals surface area contributed by atoms with Crippen LogP contribution in [0.3, 0.4) is 0 Å². The number of nitrogens with two attached hydrogens (primary N) is 1. The van der Waals surface area contributed by atoms with E-state index in [1.807, 2.05) is 18.7 Å². The van der Waals surface area contributed by atoms with Crippen LogP contribution in [-0.4, -0.2) is 56.3 Å². The number of amides is 1. The number of rotatable bonds is 5. The van der Waals surface area contributed by atoms with E-state index in [4.69, 9.17) is 5.73 Å². The first-order chi connectivity index (χ1) is 11.3. The van der Waals surface area contributed by atoms with Crippen LogP contribution < -0.4 is 5.73 Å². The summed E-state index contributed by atoms with van der Waals surface area (Å²) in [5.74, 6) is 0.288. The maximum Gasteiger partial charge on any atom is 0.253 e. The van der Waals surface area contributed by atoms with Crippen molar-refractivity contribution in [3.8, 4) is 0 Å². The van der Waals surface area contributed by atoms with Crippen molar-refractivity contribution in [2.24, 2.45) is 11.7 Å². The number of nitrogens with zero attached hydrogens (tertiary/aromatic N) is 2. The van der Waals surface area contributed by atoms with Gasteiger partial charge in [0.05, 0.1) is 4.90 Å². The third-order valence-corrected chi connectivity index (χ3v) is 6.69. The van der Waals surface area contributed by atoms with E-state index >= 15 is 0 Å². The van der Waals surface area contributed by atoms with Crippen LogP contribution in [0.25, 0.3) is 0 Å². The predicted molar refractivity (Wildman–Crippen MR) is 94.2 cm³/mol. The highest BCUT2D eigenvalue weighted by Gasteiger charge is 2.26. The topological polar surface area (TPSA) is 83.7 Å². The second-order valence-electron chi connectivity index (χ2n) is 6.63. The minimum atomic E-state index is -3.53. The van der Waals surface area contributed by atoms with Crippen molar-refractivity contribution < 1.29 is 13.2 Å². The van der Waals surface area contributed by atoms with Crippen molar-refractivity contribution in [3.63, 3.8) is 0 Å². The Hall–Kier alpha value is -1.44. The molecule has 1 unspecified atom stereocenters. The quantitative estimate of drug-likeness (QED) is 0.870. The van der Waals surface area contributed by atoms with Gasteiger partial charge in [-0.2, -0.15) is 4.31 Å². The van der Waals surface area contributed by atoms with Gasteiger partial charge < -0.3 is 10.6 Å². The second kappa shape index (κ2) is 7.63. The highest BCUT2D eigenvalue weighted by atomic mass is 32.2. The Bertz CT molecular complexity index is 671. The van der Waals surface area contributed by atoms with E-state index in [2.05, 4.69) is 0 Å². The van der Waals surface area contributed by atoms with Gasteiger partial charge in [-0.1, -0.05) is 0 Å². The minimum Gasteiger partial charge on any atom is -0.338 e. The van der Waals surface area contributed by atoms with E-state index in [9.17, 15) is 13.2 Å². The van der Waals surface area contributed by atoms with Crippen molar-refractivity contribution in [2.45, 2.75) is 37.6 Å². The molecule has 1 aliphatic rings. The van der Waals surface area contributed by atoms with Gasteiger partial charge in [0.1, 0.15) is 0 Å². The Morgan fingerprint density at radius 2 is 1.96 bits per heavy atom. The van der Waals surface area contributed by atoms with Crippen LogP contribution in [0.2, 0.25) is 0 Å². The van der Waals surface area contributed by atoms with Crippen LogP contribution in [0.5, 0.6) is 0 Å². The van der Waals surface area contributed by atoms with Gasteiger partial charge >= 0.3 is 0 Å². The highest BCUT2D eigenvalue weighted by Crippen LogP contribution is 2.20. The fourth-order valence-corrected chi connectivity index (χ4v) is 4.21. The lowest BCUT2D eigenvalue weighted by molar-refractivity contribution is 0.0678. The second-order valence-corrected chi connectivity index (χ2v) is 8.63. The zero-order chi connectivity index (χ0) is 17.9. The minimum absolute atomic E-state index is 0.0608. The van der Waals surface area contributed by atoms with Crippen LogP contribution in [0.15, 0.2) is 29.2 Å². The van der Waals surface area contributed by atoms with E-state index in [0.717, 1.165) is 19.4 Å². The van der Waals surface area contributed by atoms with Crippen molar-refractivity contribution >= 4 is 15.9 Å². The SMILES string of the molecule is CC(C)N(C)S(=O)(=O)c1ccc(C(=O)N2CCCC(CN)C2)cc1. The molecule has 1 saturated heterocycles. The van der Waals surface area contributed by atoms with Gasteiger partial charge in [0.2, 0.25) is 10.0 Å². The molecule has 0 spiro atoms. The van der Waals surface area contributed by atoms with Crippen molar-refractivity contribution in [3.05, 3.63) is 29.8 Å². The molecular formula is C17H27N3O3S. The number of carbonyl (C=O) groups is 1. The molecule has 2 N–H and O–H groups in total. The maximum atomic E-state index is 12.6. The molecule has 1 amide bonds. The lowest BCUT2D eigenvalue weighted by Gasteiger charge is -2.32. The number of piperidine rings is 1. The first-order valence-corrected chi connectivity index (χ1v) is 9.78. The molecule has 7 heteroatoms. The summed E-state index contributed by atoms with van der Waals surface area (Å²) in [5, 5.41) is 0. The monoisotopic (exact) mass is 353 g/mol. The molecule has 2 rings (SSSR count). The summed E-state index contributed by atoms with van der Waals surface area (Å²) in [4.78, 5) is 14.6.